The summed E-state index contributed by atoms with van der Waals surface area (Å²) in [4.78, 5) is 14.2. The highest BCUT2D eigenvalue weighted by molar-refractivity contribution is 6.19. The zero-order valence-electron chi connectivity index (χ0n) is 9.84. The Morgan fingerprint density at radius 2 is 2.20 bits per heavy atom. The molecule has 1 fully saturated rings. The largest absolute Gasteiger partial charge is 0.339 e. The third-order valence-electron chi connectivity index (χ3n) is 3.28. The smallest absolute Gasteiger partial charge is 0.226 e. The SMILES string of the molecule is CCC1CCCCCN1C(=O)C(C)CCl. The van der Waals surface area contributed by atoms with E-state index in [1.807, 2.05) is 6.92 Å². The summed E-state index contributed by atoms with van der Waals surface area (Å²) in [7, 11) is 0. The minimum absolute atomic E-state index is 0.0289. The van der Waals surface area contributed by atoms with Gasteiger partial charge in [0.15, 0.2) is 0 Å². The molecular formula is C12H22ClNO. The standard InChI is InChI=1S/C12H22ClNO/c1-3-11-7-5-4-6-8-14(11)12(15)10(2)9-13/h10-11H,3-9H2,1-2H3. The molecule has 0 N–H and O–H groups in total. The molecular weight excluding hydrogens is 210 g/mol. The second-order valence-electron chi connectivity index (χ2n) is 4.50. The molecule has 2 atom stereocenters. The van der Waals surface area contributed by atoms with Gasteiger partial charge in [0.05, 0.1) is 0 Å². The molecule has 2 unspecified atom stereocenters. The number of halogens is 1. The average molecular weight is 232 g/mol. The maximum atomic E-state index is 12.1. The van der Waals surface area contributed by atoms with Gasteiger partial charge in [-0.25, -0.2) is 0 Å². The first kappa shape index (κ1) is 12.8. The lowest BCUT2D eigenvalue weighted by molar-refractivity contribution is -0.136. The van der Waals surface area contributed by atoms with Gasteiger partial charge in [-0.05, 0) is 19.3 Å². The highest BCUT2D eigenvalue weighted by Crippen LogP contribution is 2.21. The van der Waals surface area contributed by atoms with Crippen LogP contribution in [0.15, 0.2) is 0 Å². The van der Waals surface area contributed by atoms with E-state index >= 15 is 0 Å². The van der Waals surface area contributed by atoms with E-state index in [1.165, 1.54) is 12.8 Å². The molecule has 0 aliphatic carbocycles. The zero-order chi connectivity index (χ0) is 11.3. The minimum atomic E-state index is -0.0289. The van der Waals surface area contributed by atoms with E-state index in [0.717, 1.165) is 25.8 Å². The third kappa shape index (κ3) is 3.37. The van der Waals surface area contributed by atoms with Gasteiger partial charge < -0.3 is 4.90 Å². The number of likely N-dealkylation sites (tertiary alicyclic amines) is 1. The Morgan fingerprint density at radius 3 is 2.80 bits per heavy atom. The molecule has 0 aromatic carbocycles. The van der Waals surface area contributed by atoms with Crippen LogP contribution in [0.3, 0.4) is 0 Å². The van der Waals surface area contributed by atoms with Crippen LogP contribution in [0.25, 0.3) is 0 Å². The molecule has 0 bridgehead atoms. The van der Waals surface area contributed by atoms with Gasteiger partial charge in [0.2, 0.25) is 5.91 Å². The lowest BCUT2D eigenvalue weighted by atomic mass is 10.1. The fourth-order valence-corrected chi connectivity index (χ4v) is 2.37. The van der Waals surface area contributed by atoms with Crippen LogP contribution in [0, 0.1) is 5.92 Å². The molecule has 3 heteroatoms. The molecule has 1 aliphatic rings. The highest BCUT2D eigenvalue weighted by Gasteiger charge is 2.26. The van der Waals surface area contributed by atoms with Crippen molar-refractivity contribution in [3.05, 3.63) is 0 Å². The van der Waals surface area contributed by atoms with E-state index in [2.05, 4.69) is 11.8 Å². The van der Waals surface area contributed by atoms with Crippen molar-refractivity contribution in [1.82, 2.24) is 4.90 Å². The fourth-order valence-electron chi connectivity index (χ4n) is 2.24. The summed E-state index contributed by atoms with van der Waals surface area (Å²) in [6.07, 6.45) is 5.91. The van der Waals surface area contributed by atoms with Gasteiger partial charge in [0, 0.05) is 24.4 Å². The number of hydrogen-bond acceptors (Lipinski definition) is 1. The summed E-state index contributed by atoms with van der Waals surface area (Å²) >= 11 is 5.75. The molecule has 0 saturated carbocycles. The van der Waals surface area contributed by atoms with E-state index in [-0.39, 0.29) is 11.8 Å². The maximum Gasteiger partial charge on any atom is 0.226 e. The Kier molecular flexibility index (Phi) is 5.44. The summed E-state index contributed by atoms with van der Waals surface area (Å²) in [6.45, 7) is 5.02. The predicted molar refractivity (Wildman–Crippen MR) is 64.1 cm³/mol. The van der Waals surface area contributed by atoms with Crippen LogP contribution in [0.1, 0.15) is 46.0 Å². The minimum Gasteiger partial charge on any atom is -0.339 e. The van der Waals surface area contributed by atoms with Crippen molar-refractivity contribution >= 4 is 17.5 Å². The first-order chi connectivity index (χ1) is 7.20. The van der Waals surface area contributed by atoms with Crippen molar-refractivity contribution < 1.29 is 4.79 Å². The van der Waals surface area contributed by atoms with Crippen molar-refractivity contribution in [2.24, 2.45) is 5.92 Å². The molecule has 1 heterocycles. The Morgan fingerprint density at radius 1 is 1.47 bits per heavy atom. The summed E-state index contributed by atoms with van der Waals surface area (Å²) in [5, 5.41) is 0. The third-order valence-corrected chi connectivity index (χ3v) is 3.75. The first-order valence-corrected chi connectivity index (χ1v) is 6.60. The number of carbonyl (C=O) groups is 1. The van der Waals surface area contributed by atoms with E-state index in [1.54, 1.807) is 0 Å². The number of rotatable bonds is 3. The molecule has 88 valence electrons. The van der Waals surface area contributed by atoms with Gasteiger partial charge in [-0.3, -0.25) is 4.79 Å². The second-order valence-corrected chi connectivity index (χ2v) is 4.81. The van der Waals surface area contributed by atoms with Gasteiger partial charge in [-0.15, -0.1) is 11.6 Å². The second kappa shape index (κ2) is 6.37. The molecule has 0 aromatic rings. The first-order valence-electron chi connectivity index (χ1n) is 6.07. The quantitative estimate of drug-likeness (QED) is 0.684. The van der Waals surface area contributed by atoms with Crippen molar-refractivity contribution in [2.75, 3.05) is 12.4 Å². The van der Waals surface area contributed by atoms with Crippen LogP contribution in [0.2, 0.25) is 0 Å². The van der Waals surface area contributed by atoms with Crippen LogP contribution >= 0.6 is 11.6 Å². The van der Waals surface area contributed by atoms with Crippen LogP contribution < -0.4 is 0 Å². The van der Waals surface area contributed by atoms with Crippen molar-refractivity contribution in [1.29, 1.82) is 0 Å². The molecule has 0 spiro atoms. The number of nitrogens with zero attached hydrogens (tertiary/aromatic N) is 1. The molecule has 0 aromatic heterocycles. The zero-order valence-corrected chi connectivity index (χ0v) is 10.6. The van der Waals surface area contributed by atoms with Crippen LogP contribution in [0.5, 0.6) is 0 Å². The van der Waals surface area contributed by atoms with Gasteiger partial charge in [0.25, 0.3) is 0 Å². The lowest BCUT2D eigenvalue weighted by Gasteiger charge is -2.31. The highest BCUT2D eigenvalue weighted by atomic mass is 35.5. The molecule has 15 heavy (non-hydrogen) atoms. The van der Waals surface area contributed by atoms with Gasteiger partial charge in [-0.2, -0.15) is 0 Å². The van der Waals surface area contributed by atoms with Crippen LogP contribution in [-0.4, -0.2) is 29.3 Å². The molecule has 0 radical (unpaired) electrons. The Labute approximate surface area is 98.0 Å². The monoisotopic (exact) mass is 231 g/mol. The normalized spacial score (nSPS) is 24.7. The van der Waals surface area contributed by atoms with Crippen LogP contribution in [-0.2, 0) is 4.79 Å². The number of alkyl halides is 1. The molecule has 1 aliphatic heterocycles. The Balaban J connectivity index is 2.65. The van der Waals surface area contributed by atoms with E-state index in [0.29, 0.717) is 11.9 Å². The Bertz CT molecular complexity index is 208. The van der Waals surface area contributed by atoms with Gasteiger partial charge in [-0.1, -0.05) is 26.7 Å². The fraction of sp³-hybridized carbons (Fsp3) is 0.917. The summed E-state index contributed by atoms with van der Waals surface area (Å²) in [5.41, 5.74) is 0. The summed E-state index contributed by atoms with van der Waals surface area (Å²) in [5.74, 6) is 0.656. The lowest BCUT2D eigenvalue weighted by Crippen LogP contribution is -2.42. The maximum absolute atomic E-state index is 12.1. The van der Waals surface area contributed by atoms with E-state index < -0.39 is 0 Å². The number of carbonyl (C=O) groups excluding carboxylic acids is 1. The number of amides is 1. The summed E-state index contributed by atoms with van der Waals surface area (Å²) in [6, 6.07) is 0.450. The predicted octanol–water partition coefficient (Wildman–Crippen LogP) is 3.04. The number of hydrogen-bond donors (Lipinski definition) is 0. The van der Waals surface area contributed by atoms with Crippen LogP contribution in [0.4, 0.5) is 0 Å². The molecule has 1 saturated heterocycles. The Hall–Kier alpha value is -0.240. The van der Waals surface area contributed by atoms with Gasteiger partial charge >= 0.3 is 0 Å². The van der Waals surface area contributed by atoms with Crippen molar-refractivity contribution in [3.8, 4) is 0 Å². The molecule has 1 amide bonds. The average Bonchev–Trinajstić information content (AvgIpc) is 2.51. The van der Waals surface area contributed by atoms with Crippen molar-refractivity contribution in [3.63, 3.8) is 0 Å². The van der Waals surface area contributed by atoms with Gasteiger partial charge in [0.1, 0.15) is 0 Å². The summed E-state index contributed by atoms with van der Waals surface area (Å²) < 4.78 is 0. The topological polar surface area (TPSA) is 20.3 Å². The van der Waals surface area contributed by atoms with Crippen molar-refractivity contribution in [2.45, 2.75) is 52.0 Å². The molecule has 2 nitrogen and oxygen atoms in total. The molecule has 1 rings (SSSR count). The van der Waals surface area contributed by atoms with E-state index in [9.17, 15) is 4.79 Å². The van der Waals surface area contributed by atoms with E-state index in [4.69, 9.17) is 11.6 Å².